The van der Waals surface area contributed by atoms with Crippen molar-refractivity contribution in [3.05, 3.63) is 163 Å². The molecule has 2 aliphatic rings. The molecule has 214 valence electrons. The Kier molecular flexibility index (Phi) is 5.58. The third-order valence-electron chi connectivity index (χ3n) is 9.68. The minimum Gasteiger partial charge on any atom is -0.456 e. The molecule has 7 aromatic rings. The van der Waals surface area contributed by atoms with Gasteiger partial charge in [-0.15, -0.1) is 0 Å². The van der Waals surface area contributed by atoms with Gasteiger partial charge in [-0.25, -0.2) is 0 Å². The fourth-order valence-electron chi connectivity index (χ4n) is 7.45. The summed E-state index contributed by atoms with van der Waals surface area (Å²) in [6.45, 7) is 4.69. The molecule has 0 atom stereocenters. The highest BCUT2D eigenvalue weighted by Crippen LogP contribution is 2.53. The number of hydrogen-bond acceptors (Lipinski definition) is 2. The predicted molar refractivity (Wildman–Crippen MR) is 187 cm³/mol. The van der Waals surface area contributed by atoms with Crippen LogP contribution in [0, 0.1) is 0 Å². The monoisotopic (exact) mass is 577 g/mol. The predicted octanol–water partition coefficient (Wildman–Crippen LogP) is 12.1. The molecular weight excluding hydrogens is 546 g/mol. The number of nitrogens with zero attached hydrogens (tertiary/aromatic N) is 1. The molecule has 0 radical (unpaired) electrons. The highest BCUT2D eigenvalue weighted by atomic mass is 16.5. The molecule has 0 spiro atoms. The molecule has 0 bridgehead atoms. The fourth-order valence-corrected chi connectivity index (χ4v) is 7.45. The van der Waals surface area contributed by atoms with Crippen LogP contribution in [-0.2, 0) is 5.41 Å². The van der Waals surface area contributed by atoms with Crippen LogP contribution in [0.4, 0.5) is 17.1 Å². The Labute approximate surface area is 263 Å². The summed E-state index contributed by atoms with van der Waals surface area (Å²) in [5, 5.41) is 2.31. The van der Waals surface area contributed by atoms with Crippen LogP contribution in [0.3, 0.4) is 0 Å². The first kappa shape index (κ1) is 25.9. The van der Waals surface area contributed by atoms with Crippen molar-refractivity contribution in [3.63, 3.8) is 0 Å². The first-order chi connectivity index (χ1) is 22.1. The van der Waals surface area contributed by atoms with Crippen molar-refractivity contribution in [3.8, 4) is 44.9 Å². The van der Waals surface area contributed by atoms with Crippen LogP contribution in [0.1, 0.15) is 25.0 Å². The third-order valence-corrected chi connectivity index (χ3v) is 9.68. The summed E-state index contributed by atoms with van der Waals surface area (Å²) in [6.07, 6.45) is 0. The number of para-hydroxylation sites is 1. The van der Waals surface area contributed by atoms with Crippen LogP contribution >= 0.6 is 0 Å². The molecule has 2 heteroatoms. The van der Waals surface area contributed by atoms with Crippen LogP contribution in [0.5, 0.6) is 11.5 Å². The van der Waals surface area contributed by atoms with Gasteiger partial charge in [-0.2, -0.15) is 0 Å². The van der Waals surface area contributed by atoms with Gasteiger partial charge in [0.05, 0.1) is 5.69 Å². The minimum atomic E-state index is -0.0950. The summed E-state index contributed by atoms with van der Waals surface area (Å²) >= 11 is 0. The lowest BCUT2D eigenvalue weighted by Gasteiger charge is -2.30. The maximum absolute atomic E-state index is 6.47. The van der Waals surface area contributed by atoms with E-state index in [2.05, 4.69) is 164 Å². The highest BCUT2D eigenvalue weighted by molar-refractivity contribution is 6.11. The van der Waals surface area contributed by atoms with Gasteiger partial charge in [-0.05, 0) is 81.4 Å². The molecule has 0 saturated carbocycles. The fraction of sp³-hybridized carbons (Fsp3) is 0.0698. The summed E-state index contributed by atoms with van der Waals surface area (Å²) < 4.78 is 6.47. The smallest absolute Gasteiger partial charge is 0.135 e. The van der Waals surface area contributed by atoms with E-state index in [0.29, 0.717) is 0 Å². The molecule has 0 saturated heterocycles. The zero-order valence-corrected chi connectivity index (χ0v) is 25.3. The largest absolute Gasteiger partial charge is 0.456 e. The Balaban J connectivity index is 1.27. The van der Waals surface area contributed by atoms with E-state index in [1.807, 2.05) is 6.07 Å². The number of benzene rings is 7. The first-order valence-corrected chi connectivity index (χ1v) is 15.6. The number of fused-ring (bicyclic) bond motifs is 5. The van der Waals surface area contributed by atoms with Crippen LogP contribution in [0.15, 0.2) is 152 Å². The molecule has 45 heavy (non-hydrogen) atoms. The molecule has 0 N–H and O–H groups in total. The van der Waals surface area contributed by atoms with Crippen molar-refractivity contribution in [1.29, 1.82) is 0 Å². The second kappa shape index (κ2) is 9.70. The van der Waals surface area contributed by atoms with Gasteiger partial charge in [0, 0.05) is 33.1 Å². The average Bonchev–Trinajstić information content (AvgIpc) is 3.32. The highest BCUT2D eigenvalue weighted by Gasteiger charge is 2.36. The Morgan fingerprint density at radius 1 is 0.467 bits per heavy atom. The molecule has 1 heterocycles. The van der Waals surface area contributed by atoms with E-state index in [1.54, 1.807) is 0 Å². The van der Waals surface area contributed by atoms with E-state index in [0.717, 1.165) is 44.9 Å². The molecule has 0 fully saturated rings. The van der Waals surface area contributed by atoms with Crippen molar-refractivity contribution in [1.82, 2.24) is 0 Å². The molecule has 0 unspecified atom stereocenters. The Morgan fingerprint density at radius 2 is 1.11 bits per heavy atom. The Morgan fingerprint density at radius 3 is 1.96 bits per heavy atom. The molecule has 1 aliphatic heterocycles. The van der Waals surface area contributed by atoms with Crippen molar-refractivity contribution >= 4 is 27.8 Å². The SMILES string of the molecule is CC1(C)c2ccccc2-c2ccc(N(c3ccc(-c4ccccc4)cc3)c3ccc4c5c(cccc35)Oc3ccccc3-4)cc21. The third kappa shape index (κ3) is 3.89. The zero-order chi connectivity index (χ0) is 30.1. The molecule has 0 amide bonds. The lowest BCUT2D eigenvalue weighted by Crippen LogP contribution is -2.16. The number of hydrogen-bond donors (Lipinski definition) is 0. The standard InChI is InChI=1S/C43H31NO/c1-43(2)37-16-8-6-13-32(37)33-24-23-31(27-38(33)43)44(30-21-19-29(20-22-30)28-11-4-3-5-12-28)39-26-25-35-34-14-7-9-17-40(34)45-41-18-10-15-36(39)42(35)41/h3-27H,1-2H3. The molecule has 2 nitrogen and oxygen atoms in total. The van der Waals surface area contributed by atoms with E-state index in [9.17, 15) is 0 Å². The topological polar surface area (TPSA) is 12.5 Å². The summed E-state index contributed by atoms with van der Waals surface area (Å²) in [5.41, 5.74) is 13.4. The van der Waals surface area contributed by atoms with E-state index < -0.39 is 0 Å². The van der Waals surface area contributed by atoms with Crippen LogP contribution in [-0.4, -0.2) is 0 Å². The van der Waals surface area contributed by atoms with E-state index in [-0.39, 0.29) is 5.41 Å². The van der Waals surface area contributed by atoms with Crippen molar-refractivity contribution in [2.24, 2.45) is 0 Å². The molecular formula is C43H31NO. The second-order valence-electron chi connectivity index (χ2n) is 12.6. The van der Waals surface area contributed by atoms with Crippen molar-refractivity contribution in [2.45, 2.75) is 19.3 Å². The van der Waals surface area contributed by atoms with E-state index >= 15 is 0 Å². The molecule has 1 aliphatic carbocycles. The quantitative estimate of drug-likeness (QED) is 0.206. The zero-order valence-electron chi connectivity index (χ0n) is 25.3. The maximum atomic E-state index is 6.47. The molecule has 9 rings (SSSR count). The number of rotatable bonds is 4. The van der Waals surface area contributed by atoms with Crippen molar-refractivity contribution < 1.29 is 4.74 Å². The Bertz CT molecular complexity index is 2260. The summed E-state index contributed by atoms with van der Waals surface area (Å²) in [4.78, 5) is 2.41. The Hall–Kier alpha value is -5.60. The van der Waals surface area contributed by atoms with Gasteiger partial charge >= 0.3 is 0 Å². The summed E-state index contributed by atoms with van der Waals surface area (Å²) in [7, 11) is 0. The van der Waals surface area contributed by atoms with Gasteiger partial charge in [-0.1, -0.05) is 123 Å². The minimum absolute atomic E-state index is 0.0950. The van der Waals surface area contributed by atoms with Gasteiger partial charge in [0.25, 0.3) is 0 Å². The van der Waals surface area contributed by atoms with Gasteiger partial charge in [0.15, 0.2) is 0 Å². The van der Waals surface area contributed by atoms with Gasteiger partial charge in [0.1, 0.15) is 11.5 Å². The van der Waals surface area contributed by atoms with Crippen molar-refractivity contribution in [2.75, 3.05) is 4.90 Å². The average molecular weight is 578 g/mol. The number of ether oxygens (including phenoxy) is 1. The lowest BCUT2D eigenvalue weighted by molar-refractivity contribution is 0.487. The summed E-state index contributed by atoms with van der Waals surface area (Å²) in [5.74, 6) is 1.80. The lowest BCUT2D eigenvalue weighted by atomic mass is 9.82. The summed E-state index contributed by atoms with van der Waals surface area (Å²) in [6, 6.07) is 54.7. The van der Waals surface area contributed by atoms with E-state index in [4.69, 9.17) is 4.74 Å². The van der Waals surface area contributed by atoms with Gasteiger partial charge in [0.2, 0.25) is 0 Å². The molecule has 0 aromatic heterocycles. The first-order valence-electron chi connectivity index (χ1n) is 15.6. The van der Waals surface area contributed by atoms with Crippen LogP contribution in [0.2, 0.25) is 0 Å². The molecule has 7 aromatic carbocycles. The van der Waals surface area contributed by atoms with Gasteiger partial charge in [-0.3, -0.25) is 0 Å². The van der Waals surface area contributed by atoms with Crippen LogP contribution in [0.25, 0.3) is 44.2 Å². The van der Waals surface area contributed by atoms with E-state index in [1.165, 1.54) is 38.9 Å². The number of anilines is 3. The second-order valence-corrected chi connectivity index (χ2v) is 12.6. The normalized spacial score (nSPS) is 13.5. The van der Waals surface area contributed by atoms with Gasteiger partial charge < -0.3 is 9.64 Å². The van der Waals surface area contributed by atoms with Crippen LogP contribution < -0.4 is 9.64 Å². The maximum Gasteiger partial charge on any atom is 0.135 e.